The molecule has 4 unspecified atom stereocenters. The number of hydrogen-bond acceptors (Lipinski definition) is 11. The van der Waals surface area contributed by atoms with E-state index in [2.05, 4.69) is 39.1 Å². The topological polar surface area (TPSA) is 128 Å². The molecule has 1 spiro atoms. The number of hydrogen-bond donors (Lipinski definition) is 2. The Balaban J connectivity index is 1.32. The van der Waals surface area contributed by atoms with Gasteiger partial charge in [0.1, 0.15) is 11.5 Å². The molecule has 12 atom stereocenters. The lowest BCUT2D eigenvalue weighted by Crippen LogP contribution is -2.78. The van der Waals surface area contributed by atoms with Crippen LogP contribution in [0.3, 0.4) is 0 Å². The highest BCUT2D eigenvalue weighted by molar-refractivity contribution is 5.93. The minimum atomic E-state index is -2.92. The average molecular weight is 846 g/mol. The lowest BCUT2D eigenvalue weighted by molar-refractivity contribution is -0.226. The molecule has 2 bridgehead atoms. The van der Waals surface area contributed by atoms with Crippen LogP contribution in [0.2, 0.25) is 0 Å². The maximum Gasteiger partial charge on any atom is 0.318 e. The number of alkyl halides is 2. The average Bonchev–Trinajstić information content (AvgIpc) is 3.89. The number of nitrogens with one attached hydrogen (secondary N) is 1. The van der Waals surface area contributed by atoms with Crippen molar-refractivity contribution in [2.24, 2.45) is 28.6 Å². The van der Waals surface area contributed by atoms with E-state index in [4.69, 9.17) is 14.2 Å². The molecule has 0 radical (unpaired) electrons. The number of carbonyl (C=O) groups is 3. The van der Waals surface area contributed by atoms with Gasteiger partial charge < -0.3 is 39.0 Å². The summed E-state index contributed by atoms with van der Waals surface area (Å²) in [6, 6.07) is 5.09. The zero-order valence-electron chi connectivity index (χ0n) is 36.7. The third-order valence-electron chi connectivity index (χ3n) is 16.3. The first-order valence-electron chi connectivity index (χ1n) is 21.9. The Kier molecular flexibility index (Phi) is 10.0. The molecule has 2 aliphatic carbocycles. The van der Waals surface area contributed by atoms with Gasteiger partial charge in [0.2, 0.25) is 5.92 Å². The normalized spacial score (nSPS) is 39.1. The van der Waals surface area contributed by atoms with Gasteiger partial charge in [0, 0.05) is 118 Å². The van der Waals surface area contributed by atoms with Crippen LogP contribution < -0.4 is 4.90 Å². The number of carbonyl (C=O) groups excluding carboxylic acids is 3. The van der Waals surface area contributed by atoms with Crippen molar-refractivity contribution < 1.29 is 42.5 Å². The number of likely N-dealkylation sites (tertiary alicyclic amines) is 1. The van der Waals surface area contributed by atoms with Crippen LogP contribution in [0.15, 0.2) is 53.8 Å². The minimum absolute atomic E-state index is 0.219. The second-order valence-corrected chi connectivity index (χ2v) is 19.5. The smallest absolute Gasteiger partial charge is 0.318 e. The maximum absolute atomic E-state index is 15.4. The predicted molar refractivity (Wildman–Crippen MR) is 226 cm³/mol. The number of ether oxygens (including phenoxy) is 3. The quantitative estimate of drug-likeness (QED) is 0.215. The third kappa shape index (κ3) is 5.76. The molecule has 61 heavy (non-hydrogen) atoms. The van der Waals surface area contributed by atoms with Gasteiger partial charge in [-0.05, 0) is 86.9 Å². The molecule has 6 heterocycles. The van der Waals surface area contributed by atoms with Crippen molar-refractivity contribution >= 4 is 34.8 Å². The van der Waals surface area contributed by atoms with Gasteiger partial charge in [-0.3, -0.25) is 19.3 Å². The zero-order chi connectivity index (χ0) is 43.6. The molecule has 1 aromatic heterocycles. The van der Waals surface area contributed by atoms with Crippen molar-refractivity contribution in [3.05, 3.63) is 65.0 Å². The fourth-order valence-corrected chi connectivity index (χ4v) is 14.0. The number of benzene rings is 1. The number of aldehydes is 1. The Morgan fingerprint density at radius 1 is 1.13 bits per heavy atom. The second-order valence-electron chi connectivity index (χ2n) is 19.5. The van der Waals surface area contributed by atoms with Crippen molar-refractivity contribution in [2.45, 2.75) is 94.1 Å². The summed E-state index contributed by atoms with van der Waals surface area (Å²) >= 11 is 0. The van der Waals surface area contributed by atoms with Crippen molar-refractivity contribution in [3.63, 3.8) is 0 Å². The lowest BCUT2D eigenvalue weighted by atomic mass is 9.47. The van der Waals surface area contributed by atoms with E-state index in [0.717, 1.165) is 40.3 Å². The Morgan fingerprint density at radius 2 is 1.90 bits per heavy atom. The summed E-state index contributed by atoms with van der Waals surface area (Å²) in [7, 11) is 8.86. The summed E-state index contributed by atoms with van der Waals surface area (Å²) in [5, 5.41) is 14.0. The molecule has 2 aromatic rings. The van der Waals surface area contributed by atoms with Crippen LogP contribution in [0.1, 0.15) is 57.7 Å². The molecule has 3 saturated heterocycles. The molecule has 14 heteroatoms. The van der Waals surface area contributed by atoms with Crippen molar-refractivity contribution in [1.82, 2.24) is 19.7 Å². The summed E-state index contributed by atoms with van der Waals surface area (Å²) in [6.45, 7) is 7.01. The molecule has 2 N–H and O–H groups in total. The molecular formula is C47H61F2N5O7. The van der Waals surface area contributed by atoms with Crippen LogP contribution in [0.4, 0.5) is 14.5 Å². The van der Waals surface area contributed by atoms with Gasteiger partial charge in [0.05, 0.1) is 19.3 Å². The van der Waals surface area contributed by atoms with E-state index in [1.54, 1.807) is 7.11 Å². The van der Waals surface area contributed by atoms with E-state index in [1.807, 2.05) is 56.1 Å². The molecule has 330 valence electrons. The molecule has 1 aromatic carbocycles. The number of aromatic amines is 1. The largest absolute Gasteiger partial charge is 0.468 e. The number of rotatable bonds is 8. The van der Waals surface area contributed by atoms with E-state index in [0.29, 0.717) is 57.4 Å². The van der Waals surface area contributed by atoms with Crippen LogP contribution >= 0.6 is 0 Å². The van der Waals surface area contributed by atoms with E-state index < -0.39 is 69.8 Å². The number of H-pyrrole nitrogens is 1. The highest BCUT2D eigenvalue weighted by Gasteiger charge is 2.79. The summed E-state index contributed by atoms with van der Waals surface area (Å²) in [4.78, 5) is 54.3. The molecule has 7 aliphatic rings. The van der Waals surface area contributed by atoms with Gasteiger partial charge in [0.15, 0.2) is 11.9 Å². The number of aromatic nitrogens is 1. The highest BCUT2D eigenvalue weighted by Crippen LogP contribution is 2.70. The fourth-order valence-electron chi connectivity index (χ4n) is 14.0. The third-order valence-corrected chi connectivity index (χ3v) is 16.3. The highest BCUT2D eigenvalue weighted by atomic mass is 19.3. The number of esters is 2. The maximum atomic E-state index is 15.4. The van der Waals surface area contributed by atoms with Gasteiger partial charge >= 0.3 is 11.9 Å². The van der Waals surface area contributed by atoms with E-state index >= 15 is 13.6 Å². The van der Waals surface area contributed by atoms with Crippen LogP contribution in [-0.2, 0) is 40.4 Å². The van der Waals surface area contributed by atoms with E-state index in [9.17, 15) is 14.7 Å². The molecule has 1 saturated carbocycles. The summed E-state index contributed by atoms with van der Waals surface area (Å²) in [5.74, 6) is -5.88. The summed E-state index contributed by atoms with van der Waals surface area (Å²) in [5.41, 5.74) is -0.171. The van der Waals surface area contributed by atoms with Gasteiger partial charge in [-0.15, -0.1) is 0 Å². The van der Waals surface area contributed by atoms with Gasteiger partial charge in [-0.2, -0.15) is 0 Å². The first-order valence-corrected chi connectivity index (χ1v) is 21.9. The van der Waals surface area contributed by atoms with Crippen LogP contribution in [0, 0.1) is 28.6 Å². The Morgan fingerprint density at radius 3 is 2.56 bits per heavy atom. The Labute approximate surface area is 356 Å². The molecule has 9 rings (SSSR count). The number of piperidine rings is 1. The van der Waals surface area contributed by atoms with Crippen LogP contribution in [-0.4, -0.2) is 147 Å². The standard InChI is InChI=1S/C47H61F2N5O7/c1-9-44-14-10-16-54-18-15-45(39(44)54)33-21-34(37(59-7)22-36(33)52(6)40(45)47(58,26-55)41(44)61-27(2)56)46(42(57)60-8)23-28-19-29(43(3,48)49)25-53(24-28)17-13-31-32-20-30(51(4)5)11-12-35(32)50-38(31)46/h10-12,14,20-22,26,28-29,34,37,39-41,50,58H,9,13,15-19,23-25H2,1-8H3/t28-,29?,34?,37?,39+,40-,41-,44-,45-,46+,47+/m1/s1. The summed E-state index contributed by atoms with van der Waals surface area (Å²) < 4.78 is 49.4. The Hall–Kier alpha value is -4.11. The fraction of sp³-hybridized carbons (Fsp3) is 0.638. The van der Waals surface area contributed by atoms with Gasteiger partial charge in [-0.1, -0.05) is 25.2 Å². The first kappa shape index (κ1) is 42.2. The van der Waals surface area contributed by atoms with Crippen molar-refractivity contribution in [3.8, 4) is 0 Å². The van der Waals surface area contributed by atoms with Crippen molar-refractivity contribution in [1.29, 1.82) is 0 Å². The SMILES string of the molecule is CC[C@]12C=CCN3CC[C@@]4(C5=CC([C@@]6(C(=O)OC)C[C@H]7CC(C(C)(F)F)CN(CCc8c6[nH]c6ccc(N(C)C)cc86)C7)C(OC)C=C5N(C)[C@H]4[C@@](O)(C=O)[C@@H]1OC(C)=O)[C@@H]32. The number of likely N-dealkylation sites (N-methyl/N-ethyl adjacent to an activating group) is 1. The number of methoxy groups -OCH3 is 2. The number of anilines is 1. The van der Waals surface area contributed by atoms with E-state index in [-0.39, 0.29) is 31.3 Å². The molecule has 12 nitrogen and oxygen atoms in total. The summed E-state index contributed by atoms with van der Waals surface area (Å²) in [6.07, 6.45) is 9.03. The number of aliphatic hydroxyl groups is 1. The molecule has 4 fully saturated rings. The first-order chi connectivity index (χ1) is 28.9. The van der Waals surface area contributed by atoms with Crippen LogP contribution in [0.25, 0.3) is 10.9 Å². The van der Waals surface area contributed by atoms with Gasteiger partial charge in [0.25, 0.3) is 0 Å². The predicted octanol–water partition coefficient (Wildman–Crippen LogP) is 4.86. The second kappa shape index (κ2) is 14.5. The van der Waals surface area contributed by atoms with Crippen molar-refractivity contribution in [2.75, 3.05) is 73.0 Å². The monoisotopic (exact) mass is 845 g/mol. The number of allylic oxidation sites excluding steroid dienone is 1. The zero-order valence-corrected chi connectivity index (χ0v) is 36.7. The number of halogens is 2. The molecular weight excluding hydrogens is 785 g/mol. The minimum Gasteiger partial charge on any atom is -0.468 e. The lowest BCUT2D eigenvalue weighted by Gasteiger charge is -2.63. The van der Waals surface area contributed by atoms with E-state index in [1.165, 1.54) is 14.0 Å². The molecule has 5 aliphatic heterocycles. The number of fused-ring (bicyclic) bond motifs is 6. The van der Waals surface area contributed by atoms with Gasteiger partial charge in [-0.25, -0.2) is 8.78 Å². The Bertz CT molecular complexity index is 2230. The number of nitrogens with zero attached hydrogens (tertiary/aromatic N) is 4. The molecule has 0 amide bonds. The van der Waals surface area contributed by atoms with Crippen LogP contribution in [0.5, 0.6) is 0 Å².